The summed E-state index contributed by atoms with van der Waals surface area (Å²) in [6.45, 7) is 3.64. The highest BCUT2D eigenvalue weighted by Crippen LogP contribution is 2.15. The molecule has 1 N–H and O–H groups in total. The number of hydrogen-bond donors (Lipinski definition) is 1. The van der Waals surface area contributed by atoms with Crippen LogP contribution in [0.3, 0.4) is 0 Å². The van der Waals surface area contributed by atoms with Crippen molar-refractivity contribution in [3.63, 3.8) is 0 Å². The molecule has 2 nitrogen and oxygen atoms in total. The van der Waals surface area contributed by atoms with E-state index in [4.69, 9.17) is 0 Å². The summed E-state index contributed by atoms with van der Waals surface area (Å²) in [6.07, 6.45) is 0. The van der Waals surface area contributed by atoms with Crippen LogP contribution in [0.5, 0.6) is 0 Å². The van der Waals surface area contributed by atoms with Crippen molar-refractivity contribution in [2.75, 3.05) is 0 Å². The fourth-order valence-corrected chi connectivity index (χ4v) is 1.61. The van der Waals surface area contributed by atoms with Gasteiger partial charge in [-0.25, -0.2) is 0 Å². The van der Waals surface area contributed by atoms with Crippen molar-refractivity contribution in [2.45, 2.75) is 13.8 Å². The maximum absolute atomic E-state index is 12.9. The van der Waals surface area contributed by atoms with E-state index in [1.165, 1.54) is 6.07 Å². The van der Waals surface area contributed by atoms with Crippen LogP contribution in [0.4, 0.5) is 4.39 Å². The third kappa shape index (κ3) is 1.89. The third-order valence-corrected chi connectivity index (χ3v) is 2.54. The average molecular weight is 217 g/mol. The lowest BCUT2D eigenvalue weighted by Gasteiger charge is -2.00. The van der Waals surface area contributed by atoms with Gasteiger partial charge in [-0.15, -0.1) is 0 Å². The summed E-state index contributed by atoms with van der Waals surface area (Å²) >= 11 is 0. The number of halogens is 1. The van der Waals surface area contributed by atoms with Crippen LogP contribution in [0.25, 0.3) is 0 Å². The van der Waals surface area contributed by atoms with E-state index in [0.717, 1.165) is 5.56 Å². The molecular formula is C13H12FNO. The Balaban J connectivity index is 2.39. The molecule has 0 amide bonds. The lowest BCUT2D eigenvalue weighted by Crippen LogP contribution is -2.01. The smallest absolute Gasteiger partial charge is 0.194 e. The van der Waals surface area contributed by atoms with Gasteiger partial charge in [0.2, 0.25) is 0 Å². The fraction of sp³-hybridized carbons (Fsp3) is 0.154. The molecule has 1 aromatic heterocycles. The number of aromatic nitrogens is 1. The lowest BCUT2D eigenvalue weighted by molar-refractivity contribution is 0.103. The number of aryl methyl sites for hydroxylation is 2. The van der Waals surface area contributed by atoms with Crippen molar-refractivity contribution in [1.29, 1.82) is 0 Å². The second kappa shape index (κ2) is 3.93. The third-order valence-electron chi connectivity index (χ3n) is 2.54. The number of rotatable bonds is 2. The summed E-state index contributed by atoms with van der Waals surface area (Å²) in [5.74, 6) is -0.634. The van der Waals surface area contributed by atoms with Crippen LogP contribution >= 0.6 is 0 Å². The number of H-pyrrole nitrogens is 1. The minimum atomic E-state index is -0.479. The summed E-state index contributed by atoms with van der Waals surface area (Å²) in [4.78, 5) is 14.5. The van der Waals surface area contributed by atoms with Gasteiger partial charge >= 0.3 is 0 Å². The van der Waals surface area contributed by atoms with Gasteiger partial charge in [0.1, 0.15) is 0 Å². The van der Waals surface area contributed by atoms with E-state index in [1.54, 1.807) is 19.1 Å². The highest BCUT2D eigenvalue weighted by molar-refractivity contribution is 6.09. The first-order chi connectivity index (χ1) is 7.58. The highest BCUT2D eigenvalue weighted by atomic mass is 19.1. The Kier molecular flexibility index (Phi) is 2.60. The number of carbonyl (C=O) groups is 1. The van der Waals surface area contributed by atoms with Crippen LogP contribution in [0.1, 0.15) is 27.2 Å². The number of nitrogens with one attached hydrogen (secondary N) is 1. The molecule has 1 aromatic carbocycles. The molecule has 0 atom stereocenters. The zero-order chi connectivity index (χ0) is 11.7. The molecule has 0 unspecified atom stereocenters. The Morgan fingerprint density at radius 3 is 2.31 bits per heavy atom. The van der Waals surface area contributed by atoms with E-state index >= 15 is 0 Å². The van der Waals surface area contributed by atoms with Crippen molar-refractivity contribution in [1.82, 2.24) is 4.98 Å². The molecular weight excluding hydrogens is 205 g/mol. The quantitative estimate of drug-likeness (QED) is 0.770. The average Bonchev–Trinajstić information content (AvgIpc) is 2.58. The predicted molar refractivity (Wildman–Crippen MR) is 60.1 cm³/mol. The lowest BCUT2D eigenvalue weighted by atomic mass is 10.0. The Labute approximate surface area is 93.1 Å². The van der Waals surface area contributed by atoms with Crippen LogP contribution in [0, 0.1) is 19.8 Å². The minimum Gasteiger partial charge on any atom is -0.335 e. The van der Waals surface area contributed by atoms with Gasteiger partial charge in [0.05, 0.1) is 0 Å². The molecule has 0 radical (unpaired) electrons. The number of ketones is 1. The fourth-order valence-electron chi connectivity index (χ4n) is 1.61. The molecule has 0 aliphatic heterocycles. The number of benzene rings is 1. The minimum absolute atomic E-state index is 0.155. The maximum Gasteiger partial charge on any atom is 0.194 e. The largest absolute Gasteiger partial charge is 0.335 e. The van der Waals surface area contributed by atoms with Gasteiger partial charge in [-0.05, 0) is 13.8 Å². The second-order valence-electron chi connectivity index (χ2n) is 3.85. The van der Waals surface area contributed by atoms with Crippen LogP contribution in [-0.4, -0.2) is 10.8 Å². The van der Waals surface area contributed by atoms with E-state index in [9.17, 15) is 9.18 Å². The van der Waals surface area contributed by atoms with Crippen molar-refractivity contribution in [2.24, 2.45) is 0 Å². The molecule has 0 saturated carbocycles. The molecule has 1 heterocycles. The van der Waals surface area contributed by atoms with E-state index in [-0.39, 0.29) is 5.78 Å². The molecule has 82 valence electrons. The molecule has 0 fully saturated rings. The molecule has 16 heavy (non-hydrogen) atoms. The SMILES string of the molecule is Cc1ccc(C(=O)c2cc(F)[nH]c2C)cc1. The maximum atomic E-state index is 12.9. The summed E-state index contributed by atoms with van der Waals surface area (Å²) < 4.78 is 12.9. The van der Waals surface area contributed by atoms with Gasteiger partial charge in [0.15, 0.2) is 11.7 Å². The van der Waals surface area contributed by atoms with Crippen molar-refractivity contribution >= 4 is 5.78 Å². The second-order valence-corrected chi connectivity index (χ2v) is 3.85. The van der Waals surface area contributed by atoms with E-state index in [1.807, 2.05) is 19.1 Å². The number of hydrogen-bond acceptors (Lipinski definition) is 1. The predicted octanol–water partition coefficient (Wildman–Crippen LogP) is 3.00. The summed E-state index contributed by atoms with van der Waals surface area (Å²) in [7, 11) is 0. The van der Waals surface area contributed by atoms with Crippen molar-refractivity contribution < 1.29 is 9.18 Å². The van der Waals surface area contributed by atoms with Crippen LogP contribution < -0.4 is 0 Å². The summed E-state index contributed by atoms with van der Waals surface area (Å²) in [6, 6.07) is 8.47. The van der Waals surface area contributed by atoms with Gasteiger partial charge in [-0.3, -0.25) is 4.79 Å². The highest BCUT2D eigenvalue weighted by Gasteiger charge is 2.14. The Hall–Kier alpha value is -1.90. The van der Waals surface area contributed by atoms with Gasteiger partial charge in [0, 0.05) is 22.9 Å². The van der Waals surface area contributed by atoms with E-state index < -0.39 is 5.95 Å². The van der Waals surface area contributed by atoms with E-state index in [2.05, 4.69) is 4.98 Å². The topological polar surface area (TPSA) is 32.9 Å². The number of aromatic amines is 1. The van der Waals surface area contributed by atoms with Crippen molar-refractivity contribution in [3.05, 3.63) is 58.7 Å². The summed E-state index contributed by atoms with van der Waals surface area (Å²) in [5, 5.41) is 0. The molecule has 3 heteroatoms. The zero-order valence-electron chi connectivity index (χ0n) is 9.17. The Bertz CT molecular complexity index is 525. The van der Waals surface area contributed by atoms with Crippen LogP contribution in [0.15, 0.2) is 30.3 Å². The van der Waals surface area contributed by atoms with Gasteiger partial charge < -0.3 is 4.98 Å². The molecule has 2 aromatic rings. The van der Waals surface area contributed by atoms with Gasteiger partial charge in [-0.1, -0.05) is 29.8 Å². The monoisotopic (exact) mass is 217 g/mol. The van der Waals surface area contributed by atoms with Gasteiger partial charge in [-0.2, -0.15) is 4.39 Å². The molecule has 0 bridgehead atoms. The summed E-state index contributed by atoms with van der Waals surface area (Å²) in [5.41, 5.74) is 2.62. The Morgan fingerprint density at radius 1 is 1.19 bits per heavy atom. The molecule has 2 rings (SSSR count). The molecule has 0 aliphatic carbocycles. The number of carbonyl (C=O) groups excluding carboxylic acids is 1. The van der Waals surface area contributed by atoms with Crippen LogP contribution in [-0.2, 0) is 0 Å². The Morgan fingerprint density at radius 2 is 1.81 bits per heavy atom. The first-order valence-corrected chi connectivity index (χ1v) is 5.04. The normalized spacial score (nSPS) is 10.4. The van der Waals surface area contributed by atoms with Crippen molar-refractivity contribution in [3.8, 4) is 0 Å². The zero-order valence-corrected chi connectivity index (χ0v) is 9.17. The van der Waals surface area contributed by atoms with E-state index in [0.29, 0.717) is 16.8 Å². The van der Waals surface area contributed by atoms with Gasteiger partial charge in [0.25, 0.3) is 0 Å². The van der Waals surface area contributed by atoms with Crippen LogP contribution in [0.2, 0.25) is 0 Å². The molecule has 0 saturated heterocycles. The molecule has 0 spiro atoms. The first-order valence-electron chi connectivity index (χ1n) is 5.04. The molecule has 0 aliphatic rings. The standard InChI is InChI=1S/C13H12FNO/c1-8-3-5-10(6-4-8)13(16)11-7-12(14)15-9(11)2/h3-7,15H,1-2H3. The first kappa shape index (κ1) is 10.6.